The van der Waals surface area contributed by atoms with E-state index in [9.17, 15) is 4.79 Å². The van der Waals surface area contributed by atoms with Crippen LogP contribution in [0.25, 0.3) is 0 Å². The molecule has 0 fully saturated rings. The van der Waals surface area contributed by atoms with Crippen LogP contribution in [0.5, 0.6) is 0 Å². The highest BCUT2D eigenvalue weighted by molar-refractivity contribution is 5.88. The summed E-state index contributed by atoms with van der Waals surface area (Å²) in [5, 5.41) is 0. The van der Waals surface area contributed by atoms with Crippen LogP contribution in [0.4, 0.5) is 0 Å². The number of nitrogens with two attached hydrogens (primary N) is 1. The van der Waals surface area contributed by atoms with Gasteiger partial charge in [0.2, 0.25) is 0 Å². The third kappa shape index (κ3) is 2.57. The van der Waals surface area contributed by atoms with Crippen molar-refractivity contribution in [2.24, 2.45) is 5.73 Å². The molecule has 0 saturated heterocycles. The van der Waals surface area contributed by atoms with E-state index >= 15 is 0 Å². The average molecular weight is 246 g/mol. The molecule has 0 spiro atoms. The van der Waals surface area contributed by atoms with Gasteiger partial charge in [-0.15, -0.1) is 0 Å². The number of methoxy groups -OCH3 is 1. The first-order valence-electron chi connectivity index (χ1n) is 5.53. The monoisotopic (exact) mass is 246 g/mol. The summed E-state index contributed by atoms with van der Waals surface area (Å²) in [4.78, 5) is 15.3. The second-order valence-electron chi connectivity index (χ2n) is 3.85. The molecule has 5 nitrogen and oxygen atoms in total. The van der Waals surface area contributed by atoms with Crippen molar-refractivity contribution in [3.63, 3.8) is 0 Å². The number of nitrogens with zero attached hydrogens (tertiary/aromatic N) is 1. The lowest BCUT2D eigenvalue weighted by molar-refractivity contribution is 0.0591. The number of aromatic nitrogens is 1. The van der Waals surface area contributed by atoms with E-state index in [0.29, 0.717) is 12.2 Å². The van der Waals surface area contributed by atoms with Crippen molar-refractivity contribution < 1.29 is 13.9 Å². The van der Waals surface area contributed by atoms with Crippen molar-refractivity contribution in [3.05, 3.63) is 53.7 Å². The Bertz CT molecular complexity index is 522. The van der Waals surface area contributed by atoms with Crippen molar-refractivity contribution in [1.29, 1.82) is 0 Å². The lowest BCUT2D eigenvalue weighted by atomic mass is 10.0. The highest BCUT2D eigenvalue weighted by Gasteiger charge is 2.22. The Morgan fingerprint density at radius 2 is 2.17 bits per heavy atom. The summed E-state index contributed by atoms with van der Waals surface area (Å²) >= 11 is 0. The fourth-order valence-electron chi connectivity index (χ4n) is 1.73. The van der Waals surface area contributed by atoms with Crippen molar-refractivity contribution in [2.75, 3.05) is 7.11 Å². The quantitative estimate of drug-likeness (QED) is 0.831. The van der Waals surface area contributed by atoms with Gasteiger partial charge in [0.05, 0.1) is 13.2 Å². The molecule has 0 amide bonds. The molecule has 0 aliphatic carbocycles. The average Bonchev–Trinajstić information content (AvgIpc) is 2.88. The zero-order chi connectivity index (χ0) is 13.0. The second-order valence-corrected chi connectivity index (χ2v) is 3.85. The van der Waals surface area contributed by atoms with Crippen LogP contribution in [0, 0.1) is 0 Å². The zero-order valence-electron chi connectivity index (χ0n) is 10.00. The number of hydrogen-bond acceptors (Lipinski definition) is 5. The van der Waals surface area contributed by atoms with Crippen LogP contribution in [0.3, 0.4) is 0 Å². The fraction of sp³-hybridized carbons (Fsp3) is 0.231. The number of carbonyl (C=O) groups is 1. The second kappa shape index (κ2) is 5.46. The van der Waals surface area contributed by atoms with Gasteiger partial charge in [-0.3, -0.25) is 0 Å². The van der Waals surface area contributed by atoms with Gasteiger partial charge in [0.25, 0.3) is 0 Å². The summed E-state index contributed by atoms with van der Waals surface area (Å²) in [6, 6.07) is 9.31. The molecular formula is C13H14N2O3. The van der Waals surface area contributed by atoms with E-state index in [1.807, 2.05) is 30.3 Å². The molecule has 94 valence electrons. The molecule has 0 unspecified atom stereocenters. The molecule has 0 saturated carbocycles. The van der Waals surface area contributed by atoms with Crippen LogP contribution in [0.1, 0.15) is 27.9 Å². The fourth-order valence-corrected chi connectivity index (χ4v) is 1.73. The van der Waals surface area contributed by atoms with Gasteiger partial charge in [-0.2, -0.15) is 0 Å². The van der Waals surface area contributed by atoms with Crippen LogP contribution < -0.4 is 5.73 Å². The van der Waals surface area contributed by atoms with Gasteiger partial charge in [0.15, 0.2) is 17.8 Å². The normalized spacial score (nSPS) is 12.1. The van der Waals surface area contributed by atoms with Crippen LogP contribution in [0.15, 0.2) is 41.1 Å². The Balaban J connectivity index is 2.17. The van der Waals surface area contributed by atoms with Crippen molar-refractivity contribution >= 4 is 5.97 Å². The maximum Gasteiger partial charge on any atom is 0.360 e. The zero-order valence-corrected chi connectivity index (χ0v) is 10.00. The van der Waals surface area contributed by atoms with Crippen LogP contribution in [-0.2, 0) is 11.2 Å². The largest absolute Gasteiger partial charge is 0.464 e. The number of rotatable bonds is 4. The number of hydrogen-bond donors (Lipinski definition) is 1. The molecule has 0 aliphatic heterocycles. The van der Waals surface area contributed by atoms with Gasteiger partial charge in [-0.1, -0.05) is 30.3 Å². The number of carbonyl (C=O) groups excluding carboxylic acids is 1. The van der Waals surface area contributed by atoms with Gasteiger partial charge >= 0.3 is 5.97 Å². The minimum atomic E-state index is -0.540. The number of ether oxygens (including phenoxy) is 1. The molecule has 1 heterocycles. The smallest absolute Gasteiger partial charge is 0.360 e. The van der Waals surface area contributed by atoms with E-state index in [-0.39, 0.29) is 5.69 Å². The summed E-state index contributed by atoms with van der Waals surface area (Å²) in [5.41, 5.74) is 7.23. The summed E-state index contributed by atoms with van der Waals surface area (Å²) in [7, 11) is 1.30. The molecule has 2 aromatic rings. The van der Waals surface area contributed by atoms with Gasteiger partial charge in [0, 0.05) is 0 Å². The molecule has 2 N–H and O–H groups in total. The Labute approximate surface area is 105 Å². The predicted molar refractivity (Wildman–Crippen MR) is 64.9 cm³/mol. The third-order valence-electron chi connectivity index (χ3n) is 2.61. The number of benzene rings is 1. The molecule has 2 rings (SSSR count). The molecule has 18 heavy (non-hydrogen) atoms. The Kier molecular flexibility index (Phi) is 3.74. The maximum atomic E-state index is 11.5. The Morgan fingerprint density at radius 3 is 2.83 bits per heavy atom. The Hall–Kier alpha value is -2.14. The summed E-state index contributed by atoms with van der Waals surface area (Å²) < 4.78 is 9.80. The topological polar surface area (TPSA) is 78.3 Å². The minimum Gasteiger partial charge on any atom is -0.464 e. The SMILES string of the molecule is COC(=O)c1ncoc1[C@@H](N)Cc1ccccc1. The third-order valence-corrected chi connectivity index (χ3v) is 2.61. The first-order valence-corrected chi connectivity index (χ1v) is 5.53. The number of esters is 1. The standard InChI is InChI=1S/C13H14N2O3/c1-17-13(16)11-12(18-8-15-11)10(14)7-9-5-3-2-4-6-9/h2-6,8,10H,7,14H2,1H3/t10-/m0/s1. The summed E-state index contributed by atoms with van der Waals surface area (Å²) in [5.74, 6) is -0.187. The van der Waals surface area contributed by atoms with E-state index < -0.39 is 12.0 Å². The highest BCUT2D eigenvalue weighted by atomic mass is 16.5. The van der Waals surface area contributed by atoms with E-state index in [4.69, 9.17) is 10.2 Å². The van der Waals surface area contributed by atoms with Gasteiger partial charge < -0.3 is 14.9 Å². The molecule has 0 radical (unpaired) electrons. The predicted octanol–water partition coefficient (Wildman–Crippen LogP) is 1.70. The maximum absolute atomic E-state index is 11.5. The van der Waals surface area contributed by atoms with E-state index in [2.05, 4.69) is 9.72 Å². The lowest BCUT2D eigenvalue weighted by Gasteiger charge is -2.09. The molecule has 1 aromatic carbocycles. The van der Waals surface area contributed by atoms with Gasteiger partial charge in [-0.25, -0.2) is 9.78 Å². The summed E-state index contributed by atoms with van der Waals surface area (Å²) in [6.07, 6.45) is 1.77. The van der Waals surface area contributed by atoms with Crippen LogP contribution in [-0.4, -0.2) is 18.1 Å². The van der Waals surface area contributed by atoms with E-state index in [1.165, 1.54) is 13.5 Å². The first-order chi connectivity index (χ1) is 8.72. The van der Waals surface area contributed by atoms with E-state index in [0.717, 1.165) is 5.56 Å². The molecule has 1 atom stereocenters. The van der Waals surface area contributed by atoms with Crippen molar-refractivity contribution in [1.82, 2.24) is 4.98 Å². The molecule has 1 aromatic heterocycles. The van der Waals surface area contributed by atoms with Gasteiger partial charge in [-0.05, 0) is 12.0 Å². The molecule has 5 heteroatoms. The van der Waals surface area contributed by atoms with Crippen molar-refractivity contribution in [3.8, 4) is 0 Å². The molecule has 0 aliphatic rings. The number of oxazole rings is 1. The highest BCUT2D eigenvalue weighted by Crippen LogP contribution is 2.19. The van der Waals surface area contributed by atoms with E-state index in [1.54, 1.807) is 0 Å². The molecule has 0 bridgehead atoms. The molecular weight excluding hydrogens is 232 g/mol. The summed E-state index contributed by atoms with van der Waals surface area (Å²) in [6.45, 7) is 0. The first kappa shape index (κ1) is 12.3. The van der Waals surface area contributed by atoms with Crippen molar-refractivity contribution in [2.45, 2.75) is 12.5 Å². The lowest BCUT2D eigenvalue weighted by Crippen LogP contribution is -2.17. The minimum absolute atomic E-state index is 0.140. The van der Waals surface area contributed by atoms with Gasteiger partial charge in [0.1, 0.15) is 0 Å². The van der Waals surface area contributed by atoms with Crippen LogP contribution >= 0.6 is 0 Å². The Morgan fingerprint density at radius 1 is 1.44 bits per heavy atom. The van der Waals surface area contributed by atoms with Crippen LogP contribution in [0.2, 0.25) is 0 Å².